The Morgan fingerprint density at radius 3 is 2.72 bits per heavy atom. The van der Waals surface area contributed by atoms with E-state index in [0.29, 0.717) is 5.75 Å². The summed E-state index contributed by atoms with van der Waals surface area (Å²) < 4.78 is 0. The number of carbonyl (C=O) groups excluding carboxylic acids is 1. The number of nitrogens with one attached hydrogen (secondary N) is 1. The number of hydrogen-bond acceptors (Lipinski definition) is 5. The Hall–Kier alpha value is -1.92. The van der Waals surface area contributed by atoms with Crippen LogP contribution in [-0.4, -0.2) is 21.6 Å². The Morgan fingerprint density at radius 2 is 2.00 bits per heavy atom. The maximum atomic E-state index is 12.8. The number of thiophene rings is 1. The number of thioether (sulfide) groups is 1. The van der Waals surface area contributed by atoms with Crippen molar-refractivity contribution in [2.75, 3.05) is 11.1 Å². The summed E-state index contributed by atoms with van der Waals surface area (Å²) in [6.07, 6.45) is 6.88. The number of aryl methyl sites for hydroxylation is 3. The number of carbonyl (C=O) groups is 1. The minimum absolute atomic E-state index is 0.0232. The van der Waals surface area contributed by atoms with Crippen molar-refractivity contribution in [1.29, 1.82) is 0 Å². The van der Waals surface area contributed by atoms with Crippen molar-refractivity contribution in [3.05, 3.63) is 46.1 Å². The molecule has 29 heavy (non-hydrogen) atoms. The molecule has 0 unspecified atom stereocenters. The van der Waals surface area contributed by atoms with Gasteiger partial charge in [0.25, 0.3) is 0 Å². The number of nitrogens with zero attached hydrogens (tertiary/aromatic N) is 2. The van der Waals surface area contributed by atoms with E-state index in [1.165, 1.54) is 45.1 Å². The van der Waals surface area contributed by atoms with E-state index in [2.05, 4.69) is 54.3 Å². The van der Waals surface area contributed by atoms with Gasteiger partial charge in [0.05, 0.1) is 5.75 Å². The van der Waals surface area contributed by atoms with Gasteiger partial charge in [0.2, 0.25) is 5.91 Å². The zero-order chi connectivity index (χ0) is 20.4. The van der Waals surface area contributed by atoms with Gasteiger partial charge in [-0.3, -0.25) is 4.79 Å². The van der Waals surface area contributed by atoms with Crippen molar-refractivity contribution in [2.24, 2.45) is 5.92 Å². The van der Waals surface area contributed by atoms with Gasteiger partial charge in [-0.05, 0) is 54.7 Å². The lowest BCUT2D eigenvalue weighted by Crippen LogP contribution is -2.17. The number of fused-ring (bicyclic) bond motifs is 3. The average molecular weight is 426 g/mol. The molecule has 1 N–H and O–H groups in total. The zero-order valence-electron chi connectivity index (χ0n) is 17.2. The van der Waals surface area contributed by atoms with Crippen LogP contribution in [-0.2, 0) is 30.5 Å². The third-order valence-electron chi connectivity index (χ3n) is 5.66. The van der Waals surface area contributed by atoms with Crippen LogP contribution < -0.4 is 5.32 Å². The predicted octanol–water partition coefficient (Wildman–Crippen LogP) is 5.67. The van der Waals surface area contributed by atoms with Crippen LogP contribution in [0.3, 0.4) is 0 Å². The fraction of sp³-hybridized carbons (Fsp3) is 0.435. The van der Waals surface area contributed by atoms with E-state index in [1.54, 1.807) is 17.7 Å². The highest BCUT2D eigenvalue weighted by atomic mass is 32.2. The summed E-state index contributed by atoms with van der Waals surface area (Å²) in [6, 6.07) is 6.25. The first-order valence-corrected chi connectivity index (χ1v) is 12.2. The smallest absolute Gasteiger partial charge is 0.234 e. The summed E-state index contributed by atoms with van der Waals surface area (Å²) in [6.45, 7) is 6.56. The van der Waals surface area contributed by atoms with Crippen LogP contribution in [0, 0.1) is 5.92 Å². The molecule has 0 aliphatic heterocycles. The van der Waals surface area contributed by atoms with Crippen molar-refractivity contribution in [2.45, 2.75) is 57.9 Å². The highest BCUT2D eigenvalue weighted by molar-refractivity contribution is 8.00. The van der Waals surface area contributed by atoms with Crippen molar-refractivity contribution in [3.8, 4) is 0 Å². The second kappa shape index (κ2) is 8.84. The van der Waals surface area contributed by atoms with Gasteiger partial charge in [-0.25, -0.2) is 9.97 Å². The number of para-hydroxylation sites is 1. The first kappa shape index (κ1) is 20.4. The van der Waals surface area contributed by atoms with E-state index in [0.717, 1.165) is 47.1 Å². The lowest BCUT2D eigenvalue weighted by atomic mass is 9.89. The van der Waals surface area contributed by atoms with Crippen molar-refractivity contribution >= 4 is 44.9 Å². The van der Waals surface area contributed by atoms with Crippen LogP contribution >= 0.6 is 23.1 Å². The molecule has 0 fully saturated rings. The first-order valence-electron chi connectivity index (χ1n) is 10.4. The summed E-state index contributed by atoms with van der Waals surface area (Å²) in [7, 11) is 0. The van der Waals surface area contributed by atoms with Crippen molar-refractivity contribution in [1.82, 2.24) is 9.97 Å². The van der Waals surface area contributed by atoms with E-state index in [9.17, 15) is 4.79 Å². The number of anilines is 1. The molecular formula is C23H27N3OS2. The Labute approximate surface area is 180 Å². The third kappa shape index (κ3) is 4.19. The molecule has 1 atom stereocenters. The number of amides is 1. The summed E-state index contributed by atoms with van der Waals surface area (Å²) >= 11 is 3.33. The normalized spacial score (nSPS) is 16.0. The Bertz CT molecular complexity index is 1020. The summed E-state index contributed by atoms with van der Waals surface area (Å²) in [5.74, 6) is 1.11. The highest BCUT2D eigenvalue weighted by Crippen LogP contribution is 2.40. The monoisotopic (exact) mass is 425 g/mol. The summed E-state index contributed by atoms with van der Waals surface area (Å²) in [5.41, 5.74) is 4.77. The van der Waals surface area contributed by atoms with E-state index >= 15 is 0 Å². The largest absolute Gasteiger partial charge is 0.325 e. The molecule has 1 aliphatic carbocycles. The molecule has 6 heteroatoms. The summed E-state index contributed by atoms with van der Waals surface area (Å²) in [4.78, 5) is 24.3. The zero-order valence-corrected chi connectivity index (χ0v) is 18.9. The Kier molecular flexibility index (Phi) is 6.20. The molecule has 0 bridgehead atoms. The maximum absolute atomic E-state index is 12.8. The van der Waals surface area contributed by atoms with Gasteiger partial charge < -0.3 is 5.32 Å². The van der Waals surface area contributed by atoms with Crippen LogP contribution in [0.2, 0.25) is 0 Å². The number of aromatic nitrogens is 2. The topological polar surface area (TPSA) is 54.9 Å². The minimum Gasteiger partial charge on any atom is -0.325 e. The predicted molar refractivity (Wildman–Crippen MR) is 123 cm³/mol. The summed E-state index contributed by atoms with van der Waals surface area (Å²) in [5, 5.41) is 5.28. The van der Waals surface area contributed by atoms with Gasteiger partial charge in [0, 0.05) is 16.0 Å². The van der Waals surface area contributed by atoms with E-state index in [-0.39, 0.29) is 5.91 Å². The molecular weight excluding hydrogens is 398 g/mol. The number of hydrogen-bond donors (Lipinski definition) is 1. The second-order valence-electron chi connectivity index (χ2n) is 7.71. The molecule has 4 rings (SSSR count). The fourth-order valence-electron chi connectivity index (χ4n) is 4.07. The quantitative estimate of drug-likeness (QED) is 0.408. The average Bonchev–Trinajstić information content (AvgIpc) is 3.10. The maximum Gasteiger partial charge on any atom is 0.234 e. The standard InChI is InChI=1S/C23H27N3OS2/c1-4-15-7-6-8-16(5-2)21(15)26-19(27)12-28-22-20-17-10-9-14(3)11-18(17)29-23(20)25-13-24-22/h6-8,13-14H,4-5,9-12H2,1-3H3,(H,26,27)/t14-/m1/s1. The van der Waals surface area contributed by atoms with Crippen molar-refractivity contribution < 1.29 is 4.79 Å². The molecule has 0 radical (unpaired) electrons. The molecule has 3 aromatic rings. The molecule has 4 nitrogen and oxygen atoms in total. The van der Waals surface area contributed by atoms with E-state index < -0.39 is 0 Å². The molecule has 2 aromatic heterocycles. The molecule has 2 heterocycles. The van der Waals surface area contributed by atoms with Gasteiger partial charge in [-0.1, -0.05) is 50.7 Å². The molecule has 1 aliphatic rings. The van der Waals surface area contributed by atoms with Crippen molar-refractivity contribution in [3.63, 3.8) is 0 Å². The van der Waals surface area contributed by atoms with Gasteiger partial charge in [0.15, 0.2) is 0 Å². The molecule has 0 spiro atoms. The molecule has 0 saturated carbocycles. The Morgan fingerprint density at radius 1 is 1.24 bits per heavy atom. The number of rotatable bonds is 6. The van der Waals surface area contributed by atoms with Gasteiger partial charge in [-0.15, -0.1) is 11.3 Å². The Balaban J connectivity index is 1.53. The molecule has 1 aromatic carbocycles. The molecule has 0 saturated heterocycles. The highest BCUT2D eigenvalue weighted by Gasteiger charge is 2.23. The molecule has 1 amide bonds. The van der Waals surface area contributed by atoms with Crippen LogP contribution in [0.1, 0.15) is 48.8 Å². The fourth-order valence-corrected chi connectivity index (χ4v) is 6.31. The third-order valence-corrected chi connectivity index (χ3v) is 7.81. The van der Waals surface area contributed by atoms with Crippen LogP contribution in [0.15, 0.2) is 29.6 Å². The van der Waals surface area contributed by atoms with Gasteiger partial charge in [0.1, 0.15) is 16.2 Å². The van der Waals surface area contributed by atoms with Crippen LogP contribution in [0.4, 0.5) is 5.69 Å². The molecule has 152 valence electrons. The lowest BCUT2D eigenvalue weighted by Gasteiger charge is -2.18. The first-order chi connectivity index (χ1) is 14.1. The number of benzene rings is 1. The van der Waals surface area contributed by atoms with E-state index in [1.807, 2.05) is 0 Å². The second-order valence-corrected chi connectivity index (χ2v) is 9.75. The lowest BCUT2D eigenvalue weighted by molar-refractivity contribution is -0.113. The van der Waals surface area contributed by atoms with E-state index in [4.69, 9.17) is 0 Å². The van der Waals surface area contributed by atoms with Crippen LogP contribution in [0.5, 0.6) is 0 Å². The van der Waals surface area contributed by atoms with Crippen LogP contribution in [0.25, 0.3) is 10.2 Å². The SMILES string of the molecule is CCc1cccc(CC)c1NC(=O)CSc1ncnc2sc3c(c12)CC[C@@H](C)C3. The minimum atomic E-state index is 0.0232. The van der Waals surface area contributed by atoms with Gasteiger partial charge >= 0.3 is 0 Å². The van der Waals surface area contributed by atoms with Gasteiger partial charge in [-0.2, -0.15) is 0 Å².